The van der Waals surface area contributed by atoms with E-state index >= 15 is 4.79 Å². The lowest BCUT2D eigenvalue weighted by molar-refractivity contribution is -0.294. The average molecular weight is 942 g/mol. The Morgan fingerprint density at radius 1 is 0.971 bits per heavy atom. The Morgan fingerprint density at radius 3 is 2.34 bits per heavy atom. The van der Waals surface area contributed by atoms with Crippen molar-refractivity contribution < 1.29 is 52.4 Å². The first-order valence-corrected chi connectivity index (χ1v) is 24.0. The summed E-state index contributed by atoms with van der Waals surface area (Å²) < 4.78 is 40.6. The van der Waals surface area contributed by atoms with Gasteiger partial charge in [0.1, 0.15) is 17.8 Å². The number of aryl methyl sites for hydroxylation is 1. The highest BCUT2D eigenvalue weighted by Gasteiger charge is 2.61. The molecule has 0 spiro atoms. The van der Waals surface area contributed by atoms with Crippen molar-refractivity contribution in [2.45, 2.75) is 148 Å². The number of allylic oxidation sites excluding steroid dienone is 1. The van der Waals surface area contributed by atoms with Crippen LogP contribution < -0.4 is 0 Å². The molecular weight excluding hydrogens is 871 g/mol. The molecule has 3 saturated heterocycles. The van der Waals surface area contributed by atoms with E-state index in [1.54, 1.807) is 101 Å². The van der Waals surface area contributed by atoms with Crippen LogP contribution in [0.25, 0.3) is 11.3 Å². The molecule has 13 atom stereocenters. The molecule has 5 heterocycles. The van der Waals surface area contributed by atoms with E-state index in [2.05, 4.69) is 9.97 Å². The van der Waals surface area contributed by atoms with E-state index < -0.39 is 89.3 Å². The van der Waals surface area contributed by atoms with Gasteiger partial charge in [0, 0.05) is 62.1 Å². The third kappa shape index (κ3) is 11.1. The quantitative estimate of drug-likeness (QED) is 0.0515. The van der Waals surface area contributed by atoms with Crippen molar-refractivity contribution in [3.8, 4) is 11.3 Å². The lowest BCUT2D eigenvalue weighted by Crippen LogP contribution is -2.61. The van der Waals surface area contributed by atoms with E-state index in [4.69, 9.17) is 28.4 Å². The van der Waals surface area contributed by atoms with Crippen LogP contribution in [0.2, 0.25) is 0 Å². The summed E-state index contributed by atoms with van der Waals surface area (Å²) in [6.45, 7) is 14.9. The second-order valence-corrected chi connectivity index (χ2v) is 19.2. The molecule has 3 aliphatic rings. The number of Topliss-reactive ketones (excluding diaryl/α,β-unsaturated/α-hetero) is 2. The molecular formula is C52H71N5O11. The zero-order valence-electron chi connectivity index (χ0n) is 41.5. The van der Waals surface area contributed by atoms with E-state index in [1.807, 2.05) is 55.7 Å². The number of cyclic esters (lactones) is 1. The number of rotatable bonds is 14. The number of hydrogen-bond acceptors (Lipinski definition) is 14. The van der Waals surface area contributed by atoms with Crippen molar-refractivity contribution in [1.29, 1.82) is 0 Å². The van der Waals surface area contributed by atoms with Crippen LogP contribution in [0.3, 0.4) is 0 Å². The second-order valence-electron chi connectivity index (χ2n) is 19.2. The molecule has 0 radical (unpaired) electrons. The summed E-state index contributed by atoms with van der Waals surface area (Å²) >= 11 is 0. The number of carbonyl (C=O) groups is 5. The molecule has 3 aliphatic heterocycles. The van der Waals surface area contributed by atoms with Crippen LogP contribution in [0, 0.1) is 23.7 Å². The summed E-state index contributed by atoms with van der Waals surface area (Å²) in [5, 5.41) is 0. The molecule has 1 amide bonds. The maximum absolute atomic E-state index is 15.1. The van der Waals surface area contributed by atoms with Crippen molar-refractivity contribution in [2.75, 3.05) is 27.7 Å². The number of aromatic nitrogens is 3. The summed E-state index contributed by atoms with van der Waals surface area (Å²) in [5.74, 6) is -5.95. The predicted molar refractivity (Wildman–Crippen MR) is 253 cm³/mol. The Balaban J connectivity index is 1.33. The molecule has 370 valence electrons. The number of benzene rings is 1. The van der Waals surface area contributed by atoms with Crippen LogP contribution in [-0.2, 0) is 49.3 Å². The number of fused-ring (bicyclic) bond motifs is 1. The van der Waals surface area contributed by atoms with Gasteiger partial charge >= 0.3 is 18.0 Å². The van der Waals surface area contributed by atoms with Crippen molar-refractivity contribution in [3.63, 3.8) is 0 Å². The van der Waals surface area contributed by atoms with Crippen molar-refractivity contribution in [3.05, 3.63) is 85.1 Å². The molecule has 1 unspecified atom stereocenters. The first kappa shape index (κ1) is 52.1. The lowest BCUT2D eigenvalue weighted by atomic mass is 9.72. The highest BCUT2D eigenvalue weighted by molar-refractivity contribution is 6.00. The number of hydrogen-bond donors (Lipinski definition) is 0. The van der Waals surface area contributed by atoms with Gasteiger partial charge in [-0.25, -0.2) is 14.6 Å². The van der Waals surface area contributed by atoms with Gasteiger partial charge in [0.15, 0.2) is 23.8 Å². The molecule has 0 aliphatic carbocycles. The molecule has 2 aromatic heterocycles. The monoisotopic (exact) mass is 942 g/mol. The van der Waals surface area contributed by atoms with E-state index in [9.17, 15) is 19.2 Å². The standard InChI is InChI=1S/C52H71N5O11/c1-12-23-52-41(13-2)65-47(60)36(7)43(59)35(6)46(67-49-44(40(55(9)10)27-33(4)64-49)66-48(61)37-20-15-14-16-21-37)51(8,63-11)28-32(3)42(58)34(5)45(52)57(50(62)68-52)26-18-17-25-56-30-39(54-31-56)38-22-19-24-53-29-38/h12,14-16,19-24,29-36,40-41,44-46,49H,13,17-18,25-28H2,1-11H3/b23-12-/t32-,33-,34+,35+,36-,40+,41-,44-,45-,46-,49?,51+,52-/m1/s1. The number of nitrogens with zero attached hydrogens (tertiary/aromatic N) is 5. The molecule has 3 aromatic rings. The van der Waals surface area contributed by atoms with Gasteiger partial charge in [-0.3, -0.25) is 24.3 Å². The topological polar surface area (TPSA) is 178 Å². The third-order valence-corrected chi connectivity index (χ3v) is 14.2. The first-order chi connectivity index (χ1) is 32.4. The van der Waals surface area contributed by atoms with Crippen LogP contribution in [0.1, 0.15) is 97.9 Å². The number of ether oxygens (including phenoxy) is 6. The lowest BCUT2D eigenvalue weighted by Gasteiger charge is -2.47. The molecule has 6 rings (SSSR count). The van der Waals surface area contributed by atoms with Crippen molar-refractivity contribution in [1.82, 2.24) is 24.3 Å². The van der Waals surface area contributed by atoms with Crippen LogP contribution >= 0.6 is 0 Å². The molecule has 68 heavy (non-hydrogen) atoms. The van der Waals surface area contributed by atoms with Crippen LogP contribution in [0.4, 0.5) is 4.79 Å². The Hall–Kier alpha value is -5.29. The Kier molecular flexibility index (Phi) is 17.2. The molecule has 0 bridgehead atoms. The number of amides is 1. The average Bonchev–Trinajstić information content (AvgIpc) is 3.92. The SMILES string of the molecule is C/C=C\[C@]12OC(=O)N(CCCCn3cnc(-c4cccnc4)c3)[C@@H]1[C@@H](C)C(=O)[C@H](C)C[C@](C)(OC)[C@H](OC1O[C@H](C)C[C@H](N(C)C)[C@H]1OC(=O)c1ccccc1)[C@@H](C)C(=O)[C@@H](C)C(=O)O[C@@H]2CC. The summed E-state index contributed by atoms with van der Waals surface area (Å²) in [5.41, 5.74) is -0.867. The highest BCUT2D eigenvalue weighted by atomic mass is 16.7. The fourth-order valence-corrected chi connectivity index (χ4v) is 10.5. The largest absolute Gasteiger partial charge is 0.457 e. The summed E-state index contributed by atoms with van der Waals surface area (Å²) in [6.07, 6.45) is 7.39. The van der Waals surface area contributed by atoms with E-state index in [0.717, 1.165) is 11.3 Å². The van der Waals surface area contributed by atoms with Crippen LogP contribution in [0.15, 0.2) is 79.5 Å². The van der Waals surface area contributed by atoms with Gasteiger partial charge in [0.2, 0.25) is 0 Å². The number of carbonyl (C=O) groups excluding carboxylic acids is 5. The van der Waals surface area contributed by atoms with Gasteiger partial charge in [-0.1, -0.05) is 52.0 Å². The fourth-order valence-electron chi connectivity index (χ4n) is 10.5. The number of likely N-dealkylation sites (N-methyl/N-ethyl adjacent to an activating group) is 1. The summed E-state index contributed by atoms with van der Waals surface area (Å²) in [7, 11) is 5.27. The maximum Gasteiger partial charge on any atom is 0.411 e. The third-order valence-electron chi connectivity index (χ3n) is 14.2. The van der Waals surface area contributed by atoms with Crippen molar-refractivity contribution >= 4 is 29.6 Å². The van der Waals surface area contributed by atoms with Gasteiger partial charge in [0.25, 0.3) is 0 Å². The molecule has 16 nitrogen and oxygen atoms in total. The Labute approximate surface area is 401 Å². The minimum absolute atomic E-state index is 0.0723. The smallest absolute Gasteiger partial charge is 0.411 e. The number of unbranched alkanes of at least 4 members (excludes halogenated alkanes) is 1. The first-order valence-electron chi connectivity index (χ1n) is 24.0. The minimum Gasteiger partial charge on any atom is -0.457 e. The molecule has 16 heteroatoms. The fraction of sp³-hybridized carbons (Fsp3) is 0.596. The second kappa shape index (κ2) is 22.4. The summed E-state index contributed by atoms with van der Waals surface area (Å²) in [4.78, 5) is 84.4. The number of esters is 2. The minimum atomic E-state index is -1.56. The van der Waals surface area contributed by atoms with E-state index in [-0.39, 0.29) is 37.3 Å². The predicted octanol–water partition coefficient (Wildman–Crippen LogP) is 7.35. The van der Waals surface area contributed by atoms with Crippen molar-refractivity contribution in [2.24, 2.45) is 23.7 Å². The van der Waals surface area contributed by atoms with Crippen LogP contribution in [-0.4, -0.2) is 136 Å². The van der Waals surface area contributed by atoms with Gasteiger partial charge in [-0.15, -0.1) is 0 Å². The number of pyridine rings is 1. The zero-order valence-corrected chi connectivity index (χ0v) is 41.5. The molecule has 1 aromatic carbocycles. The van der Waals surface area contributed by atoms with Gasteiger partial charge in [0.05, 0.1) is 47.5 Å². The van der Waals surface area contributed by atoms with Gasteiger partial charge in [-0.2, -0.15) is 0 Å². The number of methoxy groups -OCH3 is 1. The van der Waals surface area contributed by atoms with Gasteiger partial charge < -0.3 is 37.9 Å². The van der Waals surface area contributed by atoms with E-state index in [0.29, 0.717) is 31.4 Å². The Bertz CT molecular complexity index is 2240. The van der Waals surface area contributed by atoms with Gasteiger partial charge in [-0.05, 0) is 104 Å². The molecule has 0 saturated carbocycles. The number of imidazole rings is 1. The molecule has 3 fully saturated rings. The number of ketones is 2. The van der Waals surface area contributed by atoms with E-state index in [1.165, 1.54) is 14.0 Å². The maximum atomic E-state index is 15.1. The summed E-state index contributed by atoms with van der Waals surface area (Å²) in [6, 6.07) is 11.2. The highest BCUT2D eigenvalue weighted by Crippen LogP contribution is 2.44. The Morgan fingerprint density at radius 2 is 1.69 bits per heavy atom. The zero-order chi connectivity index (χ0) is 49.5. The molecule has 0 N–H and O–H groups in total. The van der Waals surface area contributed by atoms with Crippen LogP contribution in [0.5, 0.6) is 0 Å². The normalized spacial score (nSPS) is 33.0.